The van der Waals surface area contributed by atoms with Gasteiger partial charge in [0.2, 0.25) is 11.4 Å². The lowest BCUT2D eigenvalue weighted by atomic mass is 9.61. The van der Waals surface area contributed by atoms with Crippen molar-refractivity contribution >= 4 is 23.6 Å². The molecule has 12 nitrogen and oxygen atoms in total. The number of hydrogen-bond acceptors (Lipinski definition) is 10. The van der Waals surface area contributed by atoms with E-state index in [1.54, 1.807) is 11.9 Å². The van der Waals surface area contributed by atoms with Gasteiger partial charge in [0.15, 0.2) is 12.3 Å². The van der Waals surface area contributed by atoms with Gasteiger partial charge in [-0.25, -0.2) is 4.58 Å². The molecular formula is C33H45N6O6+. The van der Waals surface area contributed by atoms with Crippen molar-refractivity contribution < 1.29 is 32.8 Å². The van der Waals surface area contributed by atoms with E-state index in [1.807, 2.05) is 4.58 Å². The summed E-state index contributed by atoms with van der Waals surface area (Å²) in [6.45, 7) is 5.88. The molecule has 0 N–H and O–H groups in total. The molecule has 1 saturated carbocycles. The Kier molecular flexibility index (Phi) is 7.46. The number of anilines is 1. The molecule has 4 aliphatic heterocycles. The van der Waals surface area contributed by atoms with E-state index in [-0.39, 0.29) is 35.9 Å². The molecule has 0 radical (unpaired) electrons. The summed E-state index contributed by atoms with van der Waals surface area (Å²) in [4.78, 5) is 27.5. The molecule has 4 atom stereocenters. The van der Waals surface area contributed by atoms with Gasteiger partial charge in [-0.3, -0.25) is 9.69 Å². The number of fused-ring (bicyclic) bond motifs is 4. The fourth-order valence-electron chi connectivity index (χ4n) is 8.87. The van der Waals surface area contributed by atoms with Crippen molar-refractivity contribution in [3.63, 3.8) is 0 Å². The third-order valence-electron chi connectivity index (χ3n) is 11.2. The van der Waals surface area contributed by atoms with Crippen molar-refractivity contribution in [1.29, 1.82) is 0 Å². The van der Waals surface area contributed by atoms with Gasteiger partial charge in [-0.2, -0.15) is 4.98 Å². The van der Waals surface area contributed by atoms with E-state index in [0.717, 1.165) is 82.0 Å². The number of likely N-dealkylation sites (N-methyl/N-ethyl adjacent to an activating group) is 2. The summed E-state index contributed by atoms with van der Waals surface area (Å²) in [5, 5.41) is 4.77. The topological polar surface area (TPSA) is 115 Å². The molecule has 3 saturated heterocycles. The molecule has 4 fully saturated rings. The van der Waals surface area contributed by atoms with Gasteiger partial charge in [0, 0.05) is 37.6 Å². The van der Waals surface area contributed by atoms with Crippen LogP contribution in [-0.4, -0.2) is 108 Å². The first-order chi connectivity index (χ1) is 21.9. The van der Waals surface area contributed by atoms with Crippen LogP contribution in [0.2, 0.25) is 0 Å². The molecule has 6 aliphatic rings. The molecule has 2 aliphatic carbocycles. The third kappa shape index (κ3) is 4.73. The maximum Gasteiger partial charge on any atom is 0.355 e. The van der Waals surface area contributed by atoms with Crippen LogP contribution in [0.4, 0.5) is 11.5 Å². The lowest BCUT2D eigenvalue weighted by Crippen LogP contribution is -2.56. The Hall–Kier alpha value is -2.93. The minimum atomic E-state index is -0.652. The van der Waals surface area contributed by atoms with Crippen LogP contribution in [-0.2, 0) is 30.8 Å². The van der Waals surface area contributed by atoms with Crippen LogP contribution < -0.4 is 9.64 Å². The largest absolute Gasteiger partial charge is 0.471 e. The monoisotopic (exact) mass is 621 g/mol. The third-order valence-corrected chi connectivity index (χ3v) is 11.2. The number of carbonyl (C=O) groups excluding carboxylic acids is 1. The van der Waals surface area contributed by atoms with Crippen molar-refractivity contribution in [3.05, 3.63) is 11.3 Å². The first-order valence-corrected chi connectivity index (χ1v) is 16.9. The highest BCUT2D eigenvalue weighted by atomic mass is 16.7. The van der Waals surface area contributed by atoms with Crippen LogP contribution in [0.5, 0.6) is 5.88 Å². The van der Waals surface area contributed by atoms with Crippen LogP contribution >= 0.6 is 0 Å². The zero-order valence-electron chi connectivity index (χ0n) is 26.8. The average molecular weight is 622 g/mol. The maximum absolute atomic E-state index is 13.3. The first-order valence-electron chi connectivity index (χ1n) is 16.9. The van der Waals surface area contributed by atoms with Crippen LogP contribution in [0.1, 0.15) is 76.0 Å². The molecule has 2 aromatic rings. The zero-order valence-corrected chi connectivity index (χ0v) is 26.8. The van der Waals surface area contributed by atoms with E-state index in [9.17, 15) is 4.79 Å². The predicted molar refractivity (Wildman–Crippen MR) is 164 cm³/mol. The summed E-state index contributed by atoms with van der Waals surface area (Å²) in [5.41, 5.74) is 2.22. The average Bonchev–Trinajstić information content (AvgIpc) is 3.86. The molecule has 45 heavy (non-hydrogen) atoms. The van der Waals surface area contributed by atoms with Crippen LogP contribution in [0.25, 0.3) is 11.6 Å². The highest BCUT2D eigenvalue weighted by molar-refractivity contribution is 5.99. The summed E-state index contributed by atoms with van der Waals surface area (Å²) in [7, 11) is 3.92. The molecular weight excluding hydrogens is 576 g/mol. The van der Waals surface area contributed by atoms with E-state index in [0.29, 0.717) is 55.4 Å². The Balaban J connectivity index is 1.26. The molecule has 6 heterocycles. The van der Waals surface area contributed by atoms with E-state index in [2.05, 4.69) is 25.1 Å². The smallest absolute Gasteiger partial charge is 0.355 e. The second-order valence-corrected chi connectivity index (χ2v) is 13.8. The SMILES string of the molecule is C[C@H](Oc1nc(-c2onc3c2CCC[C@@]32CCCCC23OCCO3)nc2c1N(C)C(=O)C/[N+]2=C\C1CCOC1)[C@@H]1CCCN1C. The fourth-order valence-corrected chi connectivity index (χ4v) is 8.87. The van der Waals surface area contributed by atoms with Crippen molar-refractivity contribution in [2.24, 2.45) is 5.92 Å². The van der Waals surface area contributed by atoms with Gasteiger partial charge in [0.1, 0.15) is 6.10 Å². The lowest BCUT2D eigenvalue weighted by molar-refractivity contribution is -0.431. The Bertz CT molecular complexity index is 1500. The Labute approximate surface area is 264 Å². The molecule has 2 spiro atoms. The highest BCUT2D eigenvalue weighted by Crippen LogP contribution is 2.57. The molecule has 8 rings (SSSR count). The van der Waals surface area contributed by atoms with E-state index in [4.69, 9.17) is 38.6 Å². The van der Waals surface area contributed by atoms with Crippen LogP contribution in [0.3, 0.4) is 0 Å². The molecule has 242 valence electrons. The summed E-state index contributed by atoms with van der Waals surface area (Å²) in [5.74, 6) is 1.56. The molecule has 2 aromatic heterocycles. The van der Waals surface area contributed by atoms with Gasteiger partial charge >= 0.3 is 11.6 Å². The molecule has 0 bridgehead atoms. The van der Waals surface area contributed by atoms with Gasteiger partial charge in [-0.15, -0.1) is 0 Å². The number of ether oxygens (including phenoxy) is 4. The van der Waals surface area contributed by atoms with Gasteiger partial charge in [0.25, 0.3) is 11.8 Å². The van der Waals surface area contributed by atoms with E-state index in [1.165, 1.54) is 0 Å². The van der Waals surface area contributed by atoms with Crippen molar-refractivity contribution in [3.8, 4) is 17.5 Å². The Morgan fingerprint density at radius 1 is 1.04 bits per heavy atom. The number of likely N-dealkylation sites (tertiary alicyclic amines) is 1. The number of amides is 1. The summed E-state index contributed by atoms with van der Waals surface area (Å²) in [6, 6.07) is 0.258. The normalized spacial score (nSPS) is 31.2. The summed E-state index contributed by atoms with van der Waals surface area (Å²) >= 11 is 0. The number of carbonyl (C=O) groups is 1. The van der Waals surface area contributed by atoms with Gasteiger partial charge in [-0.05, 0) is 76.9 Å². The molecule has 1 unspecified atom stereocenters. The zero-order chi connectivity index (χ0) is 30.8. The quantitative estimate of drug-likeness (QED) is 0.459. The summed E-state index contributed by atoms with van der Waals surface area (Å²) in [6.07, 6.45) is 11.8. The summed E-state index contributed by atoms with van der Waals surface area (Å²) < 4.78 is 33.4. The minimum absolute atomic E-state index is 0.0392. The molecule has 1 amide bonds. The van der Waals surface area contributed by atoms with Crippen LogP contribution in [0, 0.1) is 5.92 Å². The van der Waals surface area contributed by atoms with Crippen molar-refractivity contribution in [2.45, 2.75) is 94.5 Å². The Morgan fingerprint density at radius 3 is 2.64 bits per heavy atom. The number of rotatable bonds is 5. The van der Waals surface area contributed by atoms with Crippen LogP contribution in [0.15, 0.2) is 4.52 Å². The standard InChI is InChI=1S/C33H45N6O6/c1-21(24-9-7-14-37(24)2)44-31-26-30(39(19-25(40)38(26)3)18-22-10-15-41-20-22)34-29(35-31)27-23-8-6-12-32(28(23)36-45-27)11-4-5-13-33(32)42-16-17-43-33/h18,21-22,24H,4-17,19-20H2,1-3H3/q+1/b39-18+/t21-,22?,24-,32-/m0/s1. The van der Waals surface area contributed by atoms with Crippen molar-refractivity contribution in [1.82, 2.24) is 20.0 Å². The fraction of sp³-hybridized carbons (Fsp3) is 0.727. The predicted octanol–water partition coefficient (Wildman–Crippen LogP) is 3.61. The van der Waals surface area contributed by atoms with Gasteiger partial charge in [0.05, 0.1) is 37.1 Å². The Morgan fingerprint density at radius 2 is 1.87 bits per heavy atom. The number of aromatic nitrogens is 3. The second kappa shape index (κ2) is 11.4. The number of nitrogens with zero attached hydrogens (tertiary/aromatic N) is 6. The maximum atomic E-state index is 13.3. The van der Waals surface area contributed by atoms with E-state index < -0.39 is 5.79 Å². The second-order valence-electron chi connectivity index (χ2n) is 13.8. The lowest BCUT2D eigenvalue weighted by Gasteiger charge is -2.50. The molecule has 12 heteroatoms. The van der Waals surface area contributed by atoms with Gasteiger partial charge < -0.3 is 28.4 Å². The minimum Gasteiger partial charge on any atom is -0.471 e. The highest BCUT2D eigenvalue weighted by Gasteiger charge is 2.61. The molecule has 0 aromatic carbocycles. The van der Waals surface area contributed by atoms with Gasteiger partial charge in [-0.1, -0.05) is 11.6 Å². The van der Waals surface area contributed by atoms with Crippen molar-refractivity contribution in [2.75, 3.05) is 58.5 Å². The van der Waals surface area contributed by atoms with E-state index >= 15 is 0 Å². The first kappa shape index (κ1) is 29.5. The number of hydrogen-bond donors (Lipinski definition) is 0.